The summed E-state index contributed by atoms with van der Waals surface area (Å²) in [7, 11) is 0. The molecule has 3 unspecified atom stereocenters. The number of benzene rings is 1. The van der Waals surface area contributed by atoms with Crippen LogP contribution in [0.15, 0.2) is 30.3 Å². The summed E-state index contributed by atoms with van der Waals surface area (Å²) >= 11 is 0. The van der Waals surface area contributed by atoms with E-state index in [0.717, 1.165) is 12.1 Å². The van der Waals surface area contributed by atoms with Crippen LogP contribution in [0.2, 0.25) is 0 Å². The lowest BCUT2D eigenvalue weighted by Gasteiger charge is -2.19. The number of anilines is 1. The molecule has 6 heteroatoms. The summed E-state index contributed by atoms with van der Waals surface area (Å²) in [4.78, 5) is 26.2. The van der Waals surface area contributed by atoms with Crippen molar-refractivity contribution in [2.24, 2.45) is 11.8 Å². The third-order valence-electron chi connectivity index (χ3n) is 4.44. The number of nitriles is 1. The van der Waals surface area contributed by atoms with Crippen molar-refractivity contribution in [3.8, 4) is 6.07 Å². The third kappa shape index (κ3) is 3.35. The predicted molar refractivity (Wildman–Crippen MR) is 83.4 cm³/mol. The van der Waals surface area contributed by atoms with Crippen molar-refractivity contribution in [1.29, 1.82) is 5.26 Å². The van der Waals surface area contributed by atoms with Gasteiger partial charge in [0.15, 0.2) is 0 Å². The van der Waals surface area contributed by atoms with E-state index >= 15 is 0 Å². The number of amides is 2. The van der Waals surface area contributed by atoms with E-state index in [1.807, 2.05) is 30.3 Å². The Morgan fingerprint density at radius 2 is 2.17 bits per heavy atom. The van der Waals surface area contributed by atoms with Gasteiger partial charge in [-0.05, 0) is 18.6 Å². The lowest BCUT2D eigenvalue weighted by Crippen LogP contribution is -2.43. The average molecular weight is 313 g/mol. The average Bonchev–Trinajstić information content (AvgIpc) is 3.23. The first-order chi connectivity index (χ1) is 11.2. The van der Waals surface area contributed by atoms with Gasteiger partial charge in [0.1, 0.15) is 6.04 Å². The molecule has 1 N–H and O–H groups in total. The molecule has 2 aliphatic heterocycles. The number of ether oxygens (including phenoxy) is 1. The zero-order valence-electron chi connectivity index (χ0n) is 12.8. The molecule has 0 saturated carbocycles. The minimum Gasteiger partial charge on any atom is -0.381 e. The molecule has 0 spiro atoms. The molecule has 2 aliphatic rings. The monoisotopic (exact) mass is 313 g/mol. The van der Waals surface area contributed by atoms with Crippen molar-refractivity contribution >= 4 is 17.5 Å². The highest BCUT2D eigenvalue weighted by Crippen LogP contribution is 2.25. The number of para-hydroxylation sites is 1. The Balaban J connectivity index is 1.62. The van der Waals surface area contributed by atoms with Gasteiger partial charge in [-0.3, -0.25) is 9.59 Å². The molecule has 0 aromatic heterocycles. The van der Waals surface area contributed by atoms with Crippen LogP contribution in [0.3, 0.4) is 0 Å². The van der Waals surface area contributed by atoms with E-state index in [1.165, 1.54) is 0 Å². The van der Waals surface area contributed by atoms with Crippen LogP contribution in [-0.4, -0.2) is 37.6 Å². The summed E-state index contributed by atoms with van der Waals surface area (Å²) in [5, 5.41) is 12.0. The van der Waals surface area contributed by atoms with Crippen LogP contribution in [0, 0.1) is 23.2 Å². The van der Waals surface area contributed by atoms with Crippen LogP contribution in [0.1, 0.15) is 12.8 Å². The van der Waals surface area contributed by atoms with Crippen LogP contribution in [0.4, 0.5) is 5.69 Å². The number of hydrogen-bond acceptors (Lipinski definition) is 4. The van der Waals surface area contributed by atoms with Crippen LogP contribution in [0.5, 0.6) is 0 Å². The predicted octanol–water partition coefficient (Wildman–Crippen LogP) is 1.08. The molecule has 2 saturated heterocycles. The fraction of sp³-hybridized carbons (Fsp3) is 0.471. The van der Waals surface area contributed by atoms with Gasteiger partial charge >= 0.3 is 0 Å². The van der Waals surface area contributed by atoms with Gasteiger partial charge in [-0.1, -0.05) is 18.2 Å². The van der Waals surface area contributed by atoms with E-state index in [4.69, 9.17) is 4.74 Å². The van der Waals surface area contributed by atoms with Crippen molar-refractivity contribution in [3.05, 3.63) is 30.3 Å². The number of rotatable bonds is 4. The molecule has 1 aromatic carbocycles. The first kappa shape index (κ1) is 15.5. The molecule has 0 radical (unpaired) electrons. The molecule has 3 rings (SSSR count). The standard InChI is InChI=1S/C17H19N3O3/c18-9-15(12-6-7-23-11-12)19-17(22)13-8-16(21)20(10-13)14-4-2-1-3-5-14/h1-5,12-13,15H,6-8,10-11H2,(H,19,22). The van der Waals surface area contributed by atoms with Gasteiger partial charge in [0.25, 0.3) is 0 Å². The number of carbonyl (C=O) groups is 2. The molecule has 1 aromatic rings. The highest BCUT2D eigenvalue weighted by molar-refractivity contribution is 6.00. The Hall–Kier alpha value is -2.39. The molecule has 2 fully saturated rings. The second-order valence-corrected chi connectivity index (χ2v) is 5.98. The van der Waals surface area contributed by atoms with Crippen molar-refractivity contribution in [2.45, 2.75) is 18.9 Å². The molecular weight excluding hydrogens is 294 g/mol. The summed E-state index contributed by atoms with van der Waals surface area (Å²) < 4.78 is 5.27. The highest BCUT2D eigenvalue weighted by atomic mass is 16.5. The molecule has 23 heavy (non-hydrogen) atoms. The summed E-state index contributed by atoms with van der Waals surface area (Å²) in [6.07, 6.45) is 0.957. The SMILES string of the molecule is N#CC(NC(=O)C1CC(=O)N(c2ccccc2)C1)C1CCOC1. The van der Waals surface area contributed by atoms with E-state index in [9.17, 15) is 14.9 Å². The number of nitrogens with zero attached hydrogens (tertiary/aromatic N) is 2. The molecule has 3 atom stereocenters. The van der Waals surface area contributed by atoms with E-state index in [1.54, 1.807) is 4.90 Å². The molecule has 2 heterocycles. The van der Waals surface area contributed by atoms with Gasteiger partial charge in [-0.25, -0.2) is 0 Å². The Morgan fingerprint density at radius 1 is 1.39 bits per heavy atom. The van der Waals surface area contributed by atoms with E-state index in [-0.39, 0.29) is 24.2 Å². The first-order valence-corrected chi connectivity index (χ1v) is 7.82. The fourth-order valence-electron chi connectivity index (χ4n) is 3.08. The van der Waals surface area contributed by atoms with Gasteiger partial charge in [0.05, 0.1) is 18.6 Å². The highest BCUT2D eigenvalue weighted by Gasteiger charge is 2.37. The lowest BCUT2D eigenvalue weighted by atomic mass is 9.99. The van der Waals surface area contributed by atoms with Crippen molar-refractivity contribution in [3.63, 3.8) is 0 Å². The van der Waals surface area contributed by atoms with Gasteiger partial charge in [-0.2, -0.15) is 5.26 Å². The Labute approximate surface area is 135 Å². The smallest absolute Gasteiger partial charge is 0.227 e. The van der Waals surface area contributed by atoms with Crippen LogP contribution in [-0.2, 0) is 14.3 Å². The molecule has 0 aliphatic carbocycles. The van der Waals surface area contributed by atoms with Gasteiger partial charge in [0.2, 0.25) is 11.8 Å². The lowest BCUT2D eigenvalue weighted by molar-refractivity contribution is -0.126. The largest absolute Gasteiger partial charge is 0.381 e. The third-order valence-corrected chi connectivity index (χ3v) is 4.44. The first-order valence-electron chi connectivity index (χ1n) is 7.82. The Kier molecular flexibility index (Phi) is 4.58. The fourth-order valence-corrected chi connectivity index (χ4v) is 3.08. The second kappa shape index (κ2) is 6.80. The van der Waals surface area contributed by atoms with E-state index in [2.05, 4.69) is 11.4 Å². The maximum absolute atomic E-state index is 12.4. The minimum atomic E-state index is -0.550. The maximum Gasteiger partial charge on any atom is 0.227 e. The quantitative estimate of drug-likeness (QED) is 0.902. The summed E-state index contributed by atoms with van der Waals surface area (Å²) in [6.45, 7) is 1.48. The molecule has 0 bridgehead atoms. The van der Waals surface area contributed by atoms with Gasteiger partial charge in [0, 0.05) is 31.2 Å². The molecular formula is C17H19N3O3. The van der Waals surface area contributed by atoms with Crippen molar-refractivity contribution in [2.75, 3.05) is 24.7 Å². The van der Waals surface area contributed by atoms with Crippen LogP contribution >= 0.6 is 0 Å². The summed E-state index contributed by atoms with van der Waals surface area (Å²) in [6, 6.07) is 10.9. The van der Waals surface area contributed by atoms with Gasteiger partial charge < -0.3 is 15.0 Å². The van der Waals surface area contributed by atoms with Crippen molar-refractivity contribution in [1.82, 2.24) is 5.32 Å². The van der Waals surface area contributed by atoms with Crippen LogP contribution in [0.25, 0.3) is 0 Å². The molecule has 6 nitrogen and oxygen atoms in total. The number of nitrogens with one attached hydrogen (secondary N) is 1. The van der Waals surface area contributed by atoms with Crippen LogP contribution < -0.4 is 10.2 Å². The minimum absolute atomic E-state index is 0.0336. The maximum atomic E-state index is 12.4. The summed E-state index contributed by atoms with van der Waals surface area (Å²) in [5.41, 5.74) is 0.800. The summed E-state index contributed by atoms with van der Waals surface area (Å²) in [5.74, 6) is -0.670. The van der Waals surface area contributed by atoms with E-state index < -0.39 is 12.0 Å². The zero-order chi connectivity index (χ0) is 16.2. The number of hydrogen-bond donors (Lipinski definition) is 1. The molecule has 120 valence electrons. The Morgan fingerprint density at radius 3 is 2.83 bits per heavy atom. The second-order valence-electron chi connectivity index (χ2n) is 5.98. The van der Waals surface area contributed by atoms with Crippen molar-refractivity contribution < 1.29 is 14.3 Å². The normalized spacial score (nSPS) is 25.2. The van der Waals surface area contributed by atoms with E-state index in [0.29, 0.717) is 19.8 Å². The van der Waals surface area contributed by atoms with Gasteiger partial charge in [-0.15, -0.1) is 0 Å². The topological polar surface area (TPSA) is 82.4 Å². The molecule has 2 amide bonds. The zero-order valence-corrected chi connectivity index (χ0v) is 12.8. The Bertz CT molecular complexity index is 620. The number of carbonyl (C=O) groups excluding carboxylic acids is 2.